The first-order valence-corrected chi connectivity index (χ1v) is 10.6. The van der Waals surface area contributed by atoms with Gasteiger partial charge in [0.15, 0.2) is 0 Å². The smallest absolute Gasteiger partial charge is 0.368 e. The highest BCUT2D eigenvalue weighted by atomic mass is 19.4. The second-order valence-corrected chi connectivity index (χ2v) is 7.64. The number of urea groups is 1. The van der Waals surface area contributed by atoms with Crippen molar-refractivity contribution in [1.82, 2.24) is 10.2 Å². The molecule has 3 amide bonds. The molecule has 1 heterocycles. The van der Waals surface area contributed by atoms with Crippen LogP contribution in [0, 0.1) is 0 Å². The van der Waals surface area contributed by atoms with E-state index >= 15 is 0 Å². The van der Waals surface area contributed by atoms with Crippen LogP contribution in [0.15, 0.2) is 48.5 Å². The van der Waals surface area contributed by atoms with Crippen molar-refractivity contribution in [3.8, 4) is 0 Å². The summed E-state index contributed by atoms with van der Waals surface area (Å²) in [6.07, 6.45) is -2.43. The topological polar surface area (TPSA) is 64.7 Å². The van der Waals surface area contributed by atoms with Crippen LogP contribution in [0.3, 0.4) is 0 Å². The van der Waals surface area contributed by atoms with Crippen LogP contribution in [0.25, 0.3) is 0 Å². The number of rotatable bonds is 6. The second-order valence-electron chi connectivity index (χ2n) is 7.64. The molecule has 2 N–H and O–H groups in total. The van der Waals surface area contributed by atoms with E-state index in [-0.39, 0.29) is 11.6 Å². The molecule has 0 radical (unpaired) electrons. The summed E-state index contributed by atoms with van der Waals surface area (Å²) >= 11 is 0. The highest BCUT2D eigenvalue weighted by Gasteiger charge is 2.30. The van der Waals surface area contributed by atoms with Gasteiger partial charge in [-0.1, -0.05) is 13.3 Å². The number of nitrogens with one attached hydrogen (secondary N) is 2. The molecule has 1 aliphatic rings. The van der Waals surface area contributed by atoms with E-state index in [0.717, 1.165) is 42.8 Å². The fourth-order valence-electron chi connectivity index (χ4n) is 3.42. The monoisotopic (exact) mass is 448 g/mol. The van der Waals surface area contributed by atoms with Crippen LogP contribution in [0.4, 0.5) is 29.3 Å². The Bertz CT molecular complexity index is 906. The minimum atomic E-state index is -4.44. The molecular weight excluding hydrogens is 421 g/mol. The highest BCUT2D eigenvalue weighted by Crippen LogP contribution is 2.29. The van der Waals surface area contributed by atoms with Crippen molar-refractivity contribution >= 4 is 23.3 Å². The molecule has 0 aromatic heterocycles. The van der Waals surface area contributed by atoms with Gasteiger partial charge in [-0.05, 0) is 55.0 Å². The van der Waals surface area contributed by atoms with Gasteiger partial charge in [0.1, 0.15) is 0 Å². The minimum absolute atomic E-state index is 0.0283. The number of hydrogen-bond donors (Lipinski definition) is 2. The van der Waals surface area contributed by atoms with Crippen molar-refractivity contribution in [1.29, 1.82) is 0 Å². The molecule has 2 aromatic carbocycles. The first-order chi connectivity index (χ1) is 15.3. The first-order valence-electron chi connectivity index (χ1n) is 10.6. The van der Waals surface area contributed by atoms with Gasteiger partial charge in [-0.3, -0.25) is 4.79 Å². The van der Waals surface area contributed by atoms with Crippen LogP contribution in [-0.4, -0.2) is 49.6 Å². The molecule has 1 saturated heterocycles. The first kappa shape index (κ1) is 23.4. The molecule has 3 rings (SSSR count). The fourth-order valence-corrected chi connectivity index (χ4v) is 3.42. The average Bonchev–Trinajstić information content (AvgIpc) is 2.79. The summed E-state index contributed by atoms with van der Waals surface area (Å²) in [5.74, 6) is -0.478. The van der Waals surface area contributed by atoms with Crippen LogP contribution in [0.5, 0.6) is 0 Å². The Morgan fingerprint density at radius 3 is 2.12 bits per heavy atom. The molecule has 2 aromatic rings. The summed E-state index contributed by atoms with van der Waals surface area (Å²) in [4.78, 5) is 28.4. The Labute approximate surface area is 185 Å². The Morgan fingerprint density at radius 1 is 0.938 bits per heavy atom. The number of alkyl halides is 3. The maximum absolute atomic E-state index is 12.7. The fraction of sp³-hybridized carbons (Fsp3) is 0.391. The Morgan fingerprint density at radius 2 is 1.56 bits per heavy atom. The van der Waals surface area contributed by atoms with E-state index in [1.54, 1.807) is 12.1 Å². The van der Waals surface area contributed by atoms with Gasteiger partial charge < -0.3 is 20.4 Å². The lowest BCUT2D eigenvalue weighted by molar-refractivity contribution is -0.137. The zero-order valence-corrected chi connectivity index (χ0v) is 17.9. The van der Waals surface area contributed by atoms with Crippen molar-refractivity contribution in [2.45, 2.75) is 25.9 Å². The van der Waals surface area contributed by atoms with Crippen molar-refractivity contribution in [3.05, 3.63) is 59.7 Å². The van der Waals surface area contributed by atoms with Crippen LogP contribution in [0.2, 0.25) is 0 Å². The molecular formula is C23H27F3N4O2. The number of halogens is 3. The van der Waals surface area contributed by atoms with Gasteiger partial charge in [0, 0.05) is 49.7 Å². The van der Waals surface area contributed by atoms with E-state index in [0.29, 0.717) is 38.4 Å². The summed E-state index contributed by atoms with van der Waals surface area (Å²) in [7, 11) is 0. The third-order valence-corrected chi connectivity index (χ3v) is 5.34. The number of benzene rings is 2. The molecule has 0 aliphatic carbocycles. The zero-order chi connectivity index (χ0) is 23.1. The van der Waals surface area contributed by atoms with Crippen molar-refractivity contribution in [2.75, 3.05) is 42.9 Å². The number of carbonyl (C=O) groups excluding carboxylic acids is 2. The Balaban J connectivity index is 1.51. The van der Waals surface area contributed by atoms with Crippen LogP contribution in [-0.2, 0) is 6.18 Å². The molecule has 32 heavy (non-hydrogen) atoms. The summed E-state index contributed by atoms with van der Waals surface area (Å²) in [5, 5.41) is 5.62. The number of hydrogen-bond acceptors (Lipinski definition) is 3. The molecule has 0 unspecified atom stereocenters. The molecule has 1 fully saturated rings. The molecule has 172 valence electrons. The van der Waals surface area contributed by atoms with Crippen LogP contribution >= 0.6 is 0 Å². The van der Waals surface area contributed by atoms with E-state index in [4.69, 9.17) is 0 Å². The maximum Gasteiger partial charge on any atom is 0.416 e. The third-order valence-electron chi connectivity index (χ3n) is 5.34. The van der Waals surface area contributed by atoms with Crippen LogP contribution < -0.4 is 15.5 Å². The van der Waals surface area contributed by atoms with E-state index in [1.807, 2.05) is 17.0 Å². The number of nitrogens with zero attached hydrogens (tertiary/aromatic N) is 2. The highest BCUT2D eigenvalue weighted by molar-refractivity contribution is 6.04. The number of unbranched alkanes of at least 4 members (excludes halogenated alkanes) is 1. The van der Waals surface area contributed by atoms with Crippen molar-refractivity contribution in [3.63, 3.8) is 0 Å². The predicted octanol–water partition coefficient (Wildman–Crippen LogP) is 4.59. The predicted molar refractivity (Wildman–Crippen MR) is 118 cm³/mol. The molecule has 6 nitrogen and oxygen atoms in total. The molecule has 1 aliphatic heterocycles. The molecule has 0 atom stereocenters. The quantitative estimate of drug-likeness (QED) is 0.636. The summed E-state index contributed by atoms with van der Waals surface area (Å²) in [6, 6.07) is 11.3. The SMILES string of the molecule is CCCCNC(=O)N1CCN(c2ccc(NC(=O)c3ccc(C(F)(F)F)cc3)cc2)CC1. The molecule has 0 bridgehead atoms. The Hall–Kier alpha value is -3.23. The maximum atomic E-state index is 12.7. The Kier molecular flexibility index (Phi) is 7.61. The summed E-state index contributed by atoms with van der Waals surface area (Å²) in [6.45, 7) is 5.44. The van der Waals surface area contributed by atoms with Crippen molar-refractivity contribution < 1.29 is 22.8 Å². The largest absolute Gasteiger partial charge is 0.416 e. The van der Waals surface area contributed by atoms with Gasteiger partial charge in [-0.25, -0.2) is 4.79 Å². The van der Waals surface area contributed by atoms with E-state index in [9.17, 15) is 22.8 Å². The summed E-state index contributed by atoms with van der Waals surface area (Å²) in [5.41, 5.74) is 0.878. The van der Waals surface area contributed by atoms with Crippen molar-refractivity contribution in [2.24, 2.45) is 0 Å². The lowest BCUT2D eigenvalue weighted by Crippen LogP contribution is -2.52. The van der Waals surface area contributed by atoms with Gasteiger partial charge in [-0.2, -0.15) is 13.2 Å². The van der Waals surface area contributed by atoms with Gasteiger partial charge in [0.25, 0.3) is 5.91 Å². The average molecular weight is 448 g/mol. The normalized spacial score (nSPS) is 14.2. The number of piperazine rings is 1. The van der Waals surface area contributed by atoms with E-state index in [1.165, 1.54) is 0 Å². The van der Waals surface area contributed by atoms with Crippen LogP contribution in [0.1, 0.15) is 35.7 Å². The molecule has 0 saturated carbocycles. The number of anilines is 2. The standard InChI is InChI=1S/C23H27F3N4O2/c1-2-3-12-27-22(32)30-15-13-29(14-16-30)20-10-8-19(9-11-20)28-21(31)17-4-6-18(7-5-17)23(24,25)26/h4-11H,2-3,12-16H2,1H3,(H,27,32)(H,28,31). The number of carbonyl (C=O) groups is 2. The van der Waals surface area contributed by atoms with Gasteiger partial charge in [-0.15, -0.1) is 0 Å². The molecule has 9 heteroatoms. The van der Waals surface area contributed by atoms with Gasteiger partial charge >= 0.3 is 12.2 Å². The third kappa shape index (κ3) is 6.15. The minimum Gasteiger partial charge on any atom is -0.368 e. The number of amides is 3. The zero-order valence-electron chi connectivity index (χ0n) is 17.9. The van der Waals surface area contributed by atoms with E-state index < -0.39 is 17.6 Å². The lowest BCUT2D eigenvalue weighted by atomic mass is 10.1. The lowest BCUT2D eigenvalue weighted by Gasteiger charge is -2.36. The van der Waals surface area contributed by atoms with E-state index in [2.05, 4.69) is 22.5 Å². The summed E-state index contributed by atoms with van der Waals surface area (Å²) < 4.78 is 38.0. The van der Waals surface area contributed by atoms with Gasteiger partial charge in [0.2, 0.25) is 0 Å². The molecule has 0 spiro atoms. The second kappa shape index (κ2) is 10.4. The van der Waals surface area contributed by atoms with Gasteiger partial charge in [0.05, 0.1) is 5.56 Å².